The standard InChI is InChI=1S/C19H26N4O2/c1-3-23-11-7-10-19(2,14-23)18(24)20-13-16-21-17(25-22-16)12-15-8-5-4-6-9-15/h4-6,8-9H,3,7,10-14H2,1-2H3,(H,20,24)/t19-/m0/s1. The zero-order valence-electron chi connectivity index (χ0n) is 15.0. The highest BCUT2D eigenvalue weighted by Gasteiger charge is 2.37. The van der Waals surface area contributed by atoms with Gasteiger partial charge in [-0.25, -0.2) is 0 Å². The van der Waals surface area contributed by atoms with Crippen LogP contribution in [0.3, 0.4) is 0 Å². The molecule has 1 fully saturated rings. The Hall–Kier alpha value is -2.21. The summed E-state index contributed by atoms with van der Waals surface area (Å²) in [6.07, 6.45) is 2.58. The maximum atomic E-state index is 12.6. The van der Waals surface area contributed by atoms with Crippen LogP contribution in [0.1, 0.15) is 44.0 Å². The van der Waals surface area contributed by atoms with Gasteiger partial charge in [0.2, 0.25) is 11.8 Å². The van der Waals surface area contributed by atoms with Gasteiger partial charge in [-0.15, -0.1) is 0 Å². The zero-order chi connectivity index (χ0) is 17.7. The van der Waals surface area contributed by atoms with E-state index in [0.717, 1.165) is 38.0 Å². The van der Waals surface area contributed by atoms with Crippen LogP contribution in [0.25, 0.3) is 0 Å². The predicted molar refractivity (Wildman–Crippen MR) is 94.8 cm³/mol. The zero-order valence-corrected chi connectivity index (χ0v) is 15.0. The number of nitrogens with zero attached hydrogens (tertiary/aromatic N) is 3. The van der Waals surface area contributed by atoms with Crippen LogP contribution >= 0.6 is 0 Å². The highest BCUT2D eigenvalue weighted by atomic mass is 16.5. The Balaban J connectivity index is 1.54. The normalized spacial score (nSPS) is 21.2. The third-order valence-electron chi connectivity index (χ3n) is 4.89. The molecule has 6 heteroatoms. The predicted octanol–water partition coefficient (Wildman–Crippen LogP) is 2.40. The van der Waals surface area contributed by atoms with Crippen LogP contribution in [0.4, 0.5) is 0 Å². The van der Waals surface area contributed by atoms with Gasteiger partial charge in [0.15, 0.2) is 5.82 Å². The first-order valence-electron chi connectivity index (χ1n) is 8.95. The molecule has 0 aliphatic carbocycles. The Morgan fingerprint density at radius 1 is 1.36 bits per heavy atom. The largest absolute Gasteiger partial charge is 0.348 e. The number of aromatic nitrogens is 2. The number of carbonyl (C=O) groups excluding carboxylic acids is 1. The summed E-state index contributed by atoms with van der Waals surface area (Å²) in [5, 5.41) is 6.95. The molecule has 1 saturated heterocycles. The maximum Gasteiger partial charge on any atom is 0.231 e. The Kier molecular flexibility index (Phi) is 5.48. The molecule has 1 aliphatic rings. The Bertz CT molecular complexity index is 700. The van der Waals surface area contributed by atoms with E-state index in [1.165, 1.54) is 0 Å². The number of piperidine rings is 1. The first-order chi connectivity index (χ1) is 12.1. The number of hydrogen-bond acceptors (Lipinski definition) is 5. The molecular weight excluding hydrogens is 316 g/mol. The molecule has 1 N–H and O–H groups in total. The molecule has 6 nitrogen and oxygen atoms in total. The van der Waals surface area contributed by atoms with Gasteiger partial charge in [0.1, 0.15) is 0 Å². The molecule has 3 rings (SSSR count). The third-order valence-corrected chi connectivity index (χ3v) is 4.89. The van der Waals surface area contributed by atoms with Gasteiger partial charge in [0, 0.05) is 6.54 Å². The molecule has 0 bridgehead atoms. The van der Waals surface area contributed by atoms with Gasteiger partial charge in [0.05, 0.1) is 18.4 Å². The molecule has 134 valence electrons. The average Bonchev–Trinajstić information content (AvgIpc) is 3.08. The minimum absolute atomic E-state index is 0.0695. The lowest BCUT2D eigenvalue weighted by Gasteiger charge is -2.38. The molecule has 2 heterocycles. The maximum absolute atomic E-state index is 12.6. The number of carbonyl (C=O) groups is 1. The lowest BCUT2D eigenvalue weighted by Crippen LogP contribution is -2.50. The van der Waals surface area contributed by atoms with Crippen LogP contribution in [0.5, 0.6) is 0 Å². The number of benzene rings is 1. The van der Waals surface area contributed by atoms with E-state index < -0.39 is 0 Å². The van der Waals surface area contributed by atoms with Crippen LogP contribution in [0.15, 0.2) is 34.9 Å². The summed E-state index contributed by atoms with van der Waals surface area (Å²) in [5.74, 6) is 1.16. The Morgan fingerprint density at radius 3 is 2.92 bits per heavy atom. The van der Waals surface area contributed by atoms with Crippen molar-refractivity contribution in [1.82, 2.24) is 20.4 Å². The highest BCUT2D eigenvalue weighted by molar-refractivity contribution is 5.82. The summed E-state index contributed by atoms with van der Waals surface area (Å²) < 4.78 is 5.29. The fourth-order valence-electron chi connectivity index (χ4n) is 3.38. The third kappa shape index (κ3) is 4.45. The van der Waals surface area contributed by atoms with E-state index in [4.69, 9.17) is 4.52 Å². The SMILES string of the molecule is CCN1CCC[C@](C)(C(=O)NCc2noc(Cc3ccccc3)n2)C1. The first-order valence-corrected chi connectivity index (χ1v) is 8.95. The van der Waals surface area contributed by atoms with Crippen molar-refractivity contribution in [3.63, 3.8) is 0 Å². The topological polar surface area (TPSA) is 71.3 Å². The molecule has 1 aliphatic heterocycles. The number of likely N-dealkylation sites (tertiary alicyclic amines) is 1. The van der Waals surface area contributed by atoms with Crippen molar-refractivity contribution >= 4 is 5.91 Å². The van der Waals surface area contributed by atoms with Gasteiger partial charge in [-0.2, -0.15) is 4.98 Å². The summed E-state index contributed by atoms with van der Waals surface area (Å²) in [4.78, 5) is 19.3. The van der Waals surface area contributed by atoms with Crippen molar-refractivity contribution in [1.29, 1.82) is 0 Å². The summed E-state index contributed by atoms with van der Waals surface area (Å²) >= 11 is 0. The van der Waals surface area contributed by atoms with Crippen molar-refractivity contribution in [3.8, 4) is 0 Å². The number of amides is 1. The van der Waals surface area contributed by atoms with Gasteiger partial charge in [-0.05, 0) is 38.4 Å². The summed E-state index contributed by atoms with van der Waals surface area (Å²) in [7, 11) is 0. The molecule has 0 saturated carbocycles. The number of nitrogens with one attached hydrogen (secondary N) is 1. The second kappa shape index (κ2) is 7.78. The fourth-order valence-corrected chi connectivity index (χ4v) is 3.38. The van der Waals surface area contributed by atoms with Crippen LogP contribution < -0.4 is 5.32 Å². The van der Waals surface area contributed by atoms with Gasteiger partial charge in [-0.1, -0.05) is 42.4 Å². The quantitative estimate of drug-likeness (QED) is 0.873. The van der Waals surface area contributed by atoms with Crippen LogP contribution in [0.2, 0.25) is 0 Å². The fraction of sp³-hybridized carbons (Fsp3) is 0.526. The number of rotatable bonds is 6. The van der Waals surface area contributed by atoms with E-state index in [9.17, 15) is 4.79 Å². The van der Waals surface area contributed by atoms with Gasteiger partial charge in [-0.3, -0.25) is 4.79 Å². The van der Waals surface area contributed by atoms with Crippen LogP contribution in [-0.2, 0) is 17.8 Å². The van der Waals surface area contributed by atoms with E-state index in [1.807, 2.05) is 37.3 Å². The Morgan fingerprint density at radius 2 is 2.16 bits per heavy atom. The summed E-state index contributed by atoms with van der Waals surface area (Å²) in [6.45, 7) is 7.35. The molecule has 0 spiro atoms. The van der Waals surface area contributed by atoms with Crippen molar-refractivity contribution in [3.05, 3.63) is 47.6 Å². The van der Waals surface area contributed by atoms with Crippen LogP contribution in [-0.4, -0.2) is 40.6 Å². The van der Waals surface area contributed by atoms with E-state index >= 15 is 0 Å². The highest BCUT2D eigenvalue weighted by Crippen LogP contribution is 2.29. The molecule has 0 unspecified atom stereocenters. The van der Waals surface area contributed by atoms with E-state index in [-0.39, 0.29) is 11.3 Å². The second-order valence-electron chi connectivity index (χ2n) is 6.98. The minimum atomic E-state index is -0.342. The van der Waals surface area contributed by atoms with Crippen molar-refractivity contribution in [2.24, 2.45) is 5.41 Å². The van der Waals surface area contributed by atoms with Crippen LogP contribution in [0, 0.1) is 5.41 Å². The summed E-state index contributed by atoms with van der Waals surface area (Å²) in [5.41, 5.74) is 0.779. The molecule has 1 atom stereocenters. The van der Waals surface area contributed by atoms with Crippen molar-refractivity contribution in [2.75, 3.05) is 19.6 Å². The molecule has 25 heavy (non-hydrogen) atoms. The monoisotopic (exact) mass is 342 g/mol. The lowest BCUT2D eigenvalue weighted by atomic mass is 9.81. The van der Waals surface area contributed by atoms with E-state index in [1.54, 1.807) is 0 Å². The molecule has 1 aromatic carbocycles. The van der Waals surface area contributed by atoms with Gasteiger partial charge < -0.3 is 14.7 Å². The van der Waals surface area contributed by atoms with E-state index in [2.05, 4.69) is 27.3 Å². The van der Waals surface area contributed by atoms with Gasteiger partial charge >= 0.3 is 0 Å². The molecule has 1 amide bonds. The second-order valence-corrected chi connectivity index (χ2v) is 6.98. The first kappa shape index (κ1) is 17.6. The molecular formula is C19H26N4O2. The smallest absolute Gasteiger partial charge is 0.231 e. The van der Waals surface area contributed by atoms with Gasteiger partial charge in [0.25, 0.3) is 0 Å². The lowest BCUT2D eigenvalue weighted by molar-refractivity contribution is -0.133. The Labute approximate surface area is 148 Å². The molecule has 0 radical (unpaired) electrons. The van der Waals surface area contributed by atoms with E-state index in [0.29, 0.717) is 24.7 Å². The number of hydrogen-bond donors (Lipinski definition) is 1. The average molecular weight is 342 g/mol. The summed E-state index contributed by atoms with van der Waals surface area (Å²) in [6, 6.07) is 9.99. The molecule has 1 aromatic heterocycles. The van der Waals surface area contributed by atoms with Crippen molar-refractivity contribution in [2.45, 2.75) is 39.7 Å². The molecule has 2 aromatic rings. The van der Waals surface area contributed by atoms with Crippen molar-refractivity contribution < 1.29 is 9.32 Å². The minimum Gasteiger partial charge on any atom is -0.348 e.